The molecule has 2 aliphatic carbocycles. The smallest absolute Gasteiger partial charge is 0.0130 e. The maximum atomic E-state index is 3.88. The van der Waals surface area contributed by atoms with Crippen LogP contribution in [-0.2, 0) is 0 Å². The summed E-state index contributed by atoms with van der Waals surface area (Å²) in [7, 11) is 0. The molecule has 0 heterocycles. The van der Waals surface area contributed by atoms with Gasteiger partial charge in [-0.05, 0) is 37.0 Å². The fraction of sp³-hybridized carbons (Fsp3) is 1.00. The molecule has 2 rings (SSSR count). The molecule has 2 fully saturated rings. The third-order valence-corrected chi connectivity index (χ3v) is 4.69. The summed E-state index contributed by atoms with van der Waals surface area (Å²) in [5, 5.41) is 3.88. The summed E-state index contributed by atoms with van der Waals surface area (Å²) in [6.45, 7) is 7.17. The molecule has 0 radical (unpaired) electrons. The van der Waals surface area contributed by atoms with Crippen LogP contribution in [0.25, 0.3) is 0 Å². The molecule has 4 unspecified atom stereocenters. The monoisotopic (exact) mass is 195 g/mol. The average molecular weight is 195 g/mol. The van der Waals surface area contributed by atoms with E-state index < -0.39 is 0 Å². The van der Waals surface area contributed by atoms with E-state index in [2.05, 4.69) is 26.1 Å². The fourth-order valence-corrected chi connectivity index (χ4v) is 2.88. The molecule has 0 spiro atoms. The quantitative estimate of drug-likeness (QED) is 0.728. The topological polar surface area (TPSA) is 12.0 Å². The summed E-state index contributed by atoms with van der Waals surface area (Å²) in [4.78, 5) is 0. The Kier molecular flexibility index (Phi) is 2.88. The molecule has 2 saturated carbocycles. The number of nitrogens with one attached hydrogen (secondary N) is 1. The minimum absolute atomic E-state index is 0.636. The van der Waals surface area contributed by atoms with E-state index in [1.807, 2.05) is 0 Å². The lowest BCUT2D eigenvalue weighted by atomic mass is 9.85. The van der Waals surface area contributed by atoms with E-state index in [0.29, 0.717) is 5.41 Å². The molecule has 0 amide bonds. The lowest BCUT2D eigenvalue weighted by Gasteiger charge is -2.30. The molecule has 1 nitrogen and oxygen atoms in total. The van der Waals surface area contributed by atoms with Gasteiger partial charge in [-0.3, -0.25) is 0 Å². The third-order valence-electron chi connectivity index (χ3n) is 4.69. The van der Waals surface area contributed by atoms with E-state index in [4.69, 9.17) is 0 Å². The Morgan fingerprint density at radius 1 is 1.29 bits per heavy atom. The van der Waals surface area contributed by atoms with Crippen LogP contribution in [0, 0.1) is 11.3 Å². The molecular formula is C13H25N. The zero-order chi connectivity index (χ0) is 10.2. The molecule has 14 heavy (non-hydrogen) atoms. The molecule has 82 valence electrons. The van der Waals surface area contributed by atoms with Gasteiger partial charge in [0.15, 0.2) is 0 Å². The predicted octanol–water partition coefficient (Wildman–Crippen LogP) is 3.34. The lowest BCUT2D eigenvalue weighted by molar-refractivity contribution is 0.268. The third kappa shape index (κ3) is 1.98. The van der Waals surface area contributed by atoms with Gasteiger partial charge < -0.3 is 5.32 Å². The maximum Gasteiger partial charge on any atom is 0.0130 e. The van der Waals surface area contributed by atoms with Crippen molar-refractivity contribution in [2.24, 2.45) is 11.3 Å². The highest BCUT2D eigenvalue weighted by Crippen LogP contribution is 2.49. The first-order valence-corrected chi connectivity index (χ1v) is 6.42. The van der Waals surface area contributed by atoms with E-state index in [0.717, 1.165) is 18.0 Å². The Hall–Kier alpha value is -0.0400. The Morgan fingerprint density at radius 2 is 2.00 bits per heavy atom. The first-order valence-electron chi connectivity index (χ1n) is 6.42. The molecule has 1 N–H and O–H groups in total. The second-order valence-electron chi connectivity index (χ2n) is 5.80. The second kappa shape index (κ2) is 3.84. The lowest BCUT2D eigenvalue weighted by Crippen LogP contribution is -2.40. The van der Waals surface area contributed by atoms with E-state index in [-0.39, 0.29) is 0 Å². The predicted molar refractivity (Wildman–Crippen MR) is 61.4 cm³/mol. The minimum atomic E-state index is 0.636. The van der Waals surface area contributed by atoms with Gasteiger partial charge in [0.25, 0.3) is 0 Å². The normalized spacial score (nSPS) is 47.8. The van der Waals surface area contributed by atoms with Crippen LogP contribution in [0.4, 0.5) is 0 Å². The summed E-state index contributed by atoms with van der Waals surface area (Å²) >= 11 is 0. The van der Waals surface area contributed by atoms with Gasteiger partial charge in [0.2, 0.25) is 0 Å². The van der Waals surface area contributed by atoms with Gasteiger partial charge in [-0.1, -0.05) is 33.6 Å². The Balaban J connectivity index is 1.80. The summed E-state index contributed by atoms with van der Waals surface area (Å²) in [5.74, 6) is 0.908. The van der Waals surface area contributed by atoms with Crippen molar-refractivity contribution in [2.75, 3.05) is 0 Å². The van der Waals surface area contributed by atoms with Crippen LogP contribution >= 0.6 is 0 Å². The second-order valence-corrected chi connectivity index (χ2v) is 5.80. The van der Waals surface area contributed by atoms with Gasteiger partial charge in [0, 0.05) is 12.1 Å². The van der Waals surface area contributed by atoms with Gasteiger partial charge >= 0.3 is 0 Å². The number of hydrogen-bond acceptors (Lipinski definition) is 1. The van der Waals surface area contributed by atoms with Crippen LogP contribution in [-0.4, -0.2) is 12.1 Å². The first kappa shape index (κ1) is 10.5. The van der Waals surface area contributed by atoms with Gasteiger partial charge in [-0.15, -0.1) is 0 Å². The van der Waals surface area contributed by atoms with Crippen LogP contribution in [0.15, 0.2) is 0 Å². The molecule has 0 aromatic rings. The summed E-state index contributed by atoms with van der Waals surface area (Å²) < 4.78 is 0. The van der Waals surface area contributed by atoms with Gasteiger partial charge in [0.05, 0.1) is 0 Å². The van der Waals surface area contributed by atoms with E-state index >= 15 is 0 Å². The van der Waals surface area contributed by atoms with E-state index in [9.17, 15) is 0 Å². The van der Waals surface area contributed by atoms with Crippen molar-refractivity contribution >= 4 is 0 Å². The van der Waals surface area contributed by atoms with Crippen molar-refractivity contribution in [2.45, 2.75) is 71.4 Å². The Morgan fingerprint density at radius 3 is 2.57 bits per heavy atom. The Labute approximate surface area is 88.7 Å². The molecule has 2 aliphatic rings. The molecule has 1 heteroatoms. The van der Waals surface area contributed by atoms with Crippen LogP contribution in [0.3, 0.4) is 0 Å². The average Bonchev–Trinajstić information content (AvgIpc) is 2.82. The minimum Gasteiger partial charge on any atom is -0.310 e. The van der Waals surface area contributed by atoms with Crippen LogP contribution in [0.1, 0.15) is 59.3 Å². The van der Waals surface area contributed by atoms with Crippen molar-refractivity contribution in [1.29, 1.82) is 0 Å². The molecule has 0 aromatic heterocycles. The zero-order valence-corrected chi connectivity index (χ0v) is 9.97. The SMILES string of the molecule is CCC1(C)CC1NC1CCCCC1C. The van der Waals surface area contributed by atoms with Gasteiger partial charge in [-0.2, -0.15) is 0 Å². The molecule has 0 aliphatic heterocycles. The van der Waals surface area contributed by atoms with Crippen molar-refractivity contribution in [3.8, 4) is 0 Å². The van der Waals surface area contributed by atoms with Crippen LogP contribution < -0.4 is 5.32 Å². The molecule has 4 atom stereocenters. The number of rotatable bonds is 3. The Bertz CT molecular complexity index is 201. The van der Waals surface area contributed by atoms with Gasteiger partial charge in [-0.25, -0.2) is 0 Å². The highest BCUT2D eigenvalue weighted by atomic mass is 15.0. The molecular weight excluding hydrogens is 170 g/mol. The first-order chi connectivity index (χ1) is 6.65. The van der Waals surface area contributed by atoms with Crippen molar-refractivity contribution in [3.05, 3.63) is 0 Å². The molecule has 0 saturated heterocycles. The standard InChI is InChI=1S/C13H25N/c1-4-13(3)9-12(13)14-11-8-6-5-7-10(11)2/h10-12,14H,4-9H2,1-3H3. The van der Waals surface area contributed by atoms with Crippen molar-refractivity contribution in [1.82, 2.24) is 5.32 Å². The highest BCUT2D eigenvalue weighted by molar-refractivity contribution is 5.05. The van der Waals surface area contributed by atoms with Gasteiger partial charge in [0.1, 0.15) is 0 Å². The maximum absolute atomic E-state index is 3.88. The fourth-order valence-electron chi connectivity index (χ4n) is 2.88. The van der Waals surface area contributed by atoms with Crippen molar-refractivity contribution in [3.63, 3.8) is 0 Å². The summed E-state index contributed by atoms with van der Waals surface area (Å²) in [6, 6.07) is 1.65. The van der Waals surface area contributed by atoms with Crippen LogP contribution in [0.5, 0.6) is 0 Å². The number of hydrogen-bond donors (Lipinski definition) is 1. The largest absolute Gasteiger partial charge is 0.310 e. The highest BCUT2D eigenvalue weighted by Gasteiger charge is 2.49. The van der Waals surface area contributed by atoms with E-state index in [1.54, 1.807) is 0 Å². The summed E-state index contributed by atoms with van der Waals surface area (Å²) in [5.41, 5.74) is 0.636. The van der Waals surface area contributed by atoms with Crippen molar-refractivity contribution < 1.29 is 0 Å². The molecule has 0 aromatic carbocycles. The zero-order valence-electron chi connectivity index (χ0n) is 9.97. The van der Waals surface area contributed by atoms with Crippen LogP contribution in [0.2, 0.25) is 0 Å². The summed E-state index contributed by atoms with van der Waals surface area (Å²) in [6.07, 6.45) is 8.50. The van der Waals surface area contributed by atoms with E-state index in [1.165, 1.54) is 38.5 Å². The molecule has 0 bridgehead atoms.